The van der Waals surface area contributed by atoms with Crippen molar-refractivity contribution in [1.29, 1.82) is 0 Å². The minimum Gasteiger partial charge on any atom is -0.370 e. The van der Waals surface area contributed by atoms with E-state index in [-0.39, 0.29) is 5.54 Å². The SMILES string of the molecule is CN(Cc1ccsc1)c1cccc(Cl)c1CNC(C)(C)C. The third kappa shape index (κ3) is 4.73. The molecule has 1 N–H and O–H groups in total. The van der Waals surface area contributed by atoms with Gasteiger partial charge < -0.3 is 10.2 Å². The Kier molecular flexibility index (Phi) is 5.31. The van der Waals surface area contributed by atoms with Crippen molar-refractivity contribution in [2.75, 3.05) is 11.9 Å². The van der Waals surface area contributed by atoms with Crippen LogP contribution in [0.3, 0.4) is 0 Å². The van der Waals surface area contributed by atoms with Gasteiger partial charge in [-0.2, -0.15) is 11.3 Å². The molecule has 0 spiro atoms. The molecule has 2 aromatic rings. The molecule has 0 radical (unpaired) electrons. The van der Waals surface area contributed by atoms with Crippen LogP contribution in [0.5, 0.6) is 0 Å². The standard InChI is InChI=1S/C17H23ClN2S/c1-17(2,3)19-10-14-15(18)6-5-7-16(14)20(4)11-13-8-9-21-12-13/h5-9,12,19H,10-11H2,1-4H3. The van der Waals surface area contributed by atoms with E-state index < -0.39 is 0 Å². The first-order chi connectivity index (χ1) is 9.87. The number of halogens is 1. The van der Waals surface area contributed by atoms with E-state index in [4.69, 9.17) is 11.6 Å². The van der Waals surface area contributed by atoms with Crippen LogP contribution in [0.2, 0.25) is 5.02 Å². The number of benzene rings is 1. The molecule has 0 amide bonds. The molecule has 0 bridgehead atoms. The lowest BCUT2D eigenvalue weighted by molar-refractivity contribution is 0.424. The molecule has 21 heavy (non-hydrogen) atoms. The monoisotopic (exact) mass is 322 g/mol. The molecule has 0 saturated carbocycles. The Morgan fingerprint density at radius 3 is 2.62 bits per heavy atom. The fourth-order valence-electron chi connectivity index (χ4n) is 2.18. The van der Waals surface area contributed by atoms with Gasteiger partial charge in [0.15, 0.2) is 0 Å². The predicted molar refractivity (Wildman–Crippen MR) is 94.5 cm³/mol. The first kappa shape index (κ1) is 16.3. The van der Waals surface area contributed by atoms with Crippen molar-refractivity contribution in [2.45, 2.75) is 39.4 Å². The molecule has 1 aromatic heterocycles. The van der Waals surface area contributed by atoms with Gasteiger partial charge in [-0.05, 0) is 55.3 Å². The highest BCUT2D eigenvalue weighted by Crippen LogP contribution is 2.28. The quantitative estimate of drug-likeness (QED) is 0.840. The Bertz CT molecular complexity index is 573. The highest BCUT2D eigenvalue weighted by Gasteiger charge is 2.15. The van der Waals surface area contributed by atoms with Crippen molar-refractivity contribution in [1.82, 2.24) is 5.32 Å². The Labute approximate surface area is 136 Å². The maximum atomic E-state index is 6.42. The van der Waals surface area contributed by atoms with E-state index in [1.54, 1.807) is 11.3 Å². The van der Waals surface area contributed by atoms with Crippen molar-refractivity contribution >= 4 is 28.6 Å². The Morgan fingerprint density at radius 2 is 2.00 bits per heavy atom. The topological polar surface area (TPSA) is 15.3 Å². The third-order valence-electron chi connectivity index (χ3n) is 3.30. The zero-order chi connectivity index (χ0) is 15.5. The molecule has 0 aliphatic carbocycles. The molecular weight excluding hydrogens is 300 g/mol. The van der Waals surface area contributed by atoms with Gasteiger partial charge in [-0.1, -0.05) is 17.7 Å². The number of hydrogen-bond donors (Lipinski definition) is 1. The summed E-state index contributed by atoms with van der Waals surface area (Å²) in [6.45, 7) is 8.16. The highest BCUT2D eigenvalue weighted by atomic mass is 35.5. The molecule has 114 valence electrons. The van der Waals surface area contributed by atoms with Crippen molar-refractivity contribution in [2.24, 2.45) is 0 Å². The van der Waals surface area contributed by atoms with Gasteiger partial charge in [0.05, 0.1) is 0 Å². The number of rotatable bonds is 5. The Balaban J connectivity index is 2.20. The lowest BCUT2D eigenvalue weighted by atomic mass is 10.1. The van der Waals surface area contributed by atoms with Gasteiger partial charge in [0.2, 0.25) is 0 Å². The van der Waals surface area contributed by atoms with Crippen LogP contribution in [0.1, 0.15) is 31.9 Å². The number of nitrogens with zero attached hydrogens (tertiary/aromatic N) is 1. The van der Waals surface area contributed by atoms with Crippen molar-refractivity contribution in [3.8, 4) is 0 Å². The molecule has 0 aliphatic rings. The Hall–Kier alpha value is -1.03. The van der Waals surface area contributed by atoms with Crippen LogP contribution in [-0.2, 0) is 13.1 Å². The molecule has 0 aliphatic heterocycles. The van der Waals surface area contributed by atoms with Gasteiger partial charge >= 0.3 is 0 Å². The molecule has 4 heteroatoms. The molecule has 1 aromatic carbocycles. The van der Waals surface area contributed by atoms with E-state index in [1.165, 1.54) is 11.3 Å². The van der Waals surface area contributed by atoms with Crippen LogP contribution in [-0.4, -0.2) is 12.6 Å². The third-order valence-corrected chi connectivity index (χ3v) is 4.39. The summed E-state index contributed by atoms with van der Waals surface area (Å²) in [6.07, 6.45) is 0. The Morgan fingerprint density at radius 1 is 1.24 bits per heavy atom. The summed E-state index contributed by atoms with van der Waals surface area (Å²) in [4.78, 5) is 2.26. The number of hydrogen-bond acceptors (Lipinski definition) is 3. The molecule has 2 nitrogen and oxygen atoms in total. The molecule has 1 heterocycles. The summed E-state index contributed by atoms with van der Waals surface area (Å²) < 4.78 is 0. The average molecular weight is 323 g/mol. The summed E-state index contributed by atoms with van der Waals surface area (Å²) in [5.41, 5.74) is 3.75. The van der Waals surface area contributed by atoms with Gasteiger partial charge in [0.25, 0.3) is 0 Å². The van der Waals surface area contributed by atoms with Crippen LogP contribution in [0.15, 0.2) is 35.0 Å². The number of anilines is 1. The molecule has 0 fully saturated rings. The first-order valence-electron chi connectivity index (χ1n) is 7.11. The smallest absolute Gasteiger partial charge is 0.0471 e. The van der Waals surface area contributed by atoms with Crippen molar-refractivity contribution in [3.05, 3.63) is 51.2 Å². The zero-order valence-electron chi connectivity index (χ0n) is 13.1. The van der Waals surface area contributed by atoms with E-state index in [0.29, 0.717) is 0 Å². The second-order valence-corrected chi connectivity index (χ2v) is 7.52. The lowest BCUT2D eigenvalue weighted by Crippen LogP contribution is -2.35. The van der Waals surface area contributed by atoms with Gasteiger partial charge in [-0.25, -0.2) is 0 Å². The van der Waals surface area contributed by atoms with Gasteiger partial charge in [-0.15, -0.1) is 0 Å². The lowest BCUT2D eigenvalue weighted by Gasteiger charge is -2.26. The van der Waals surface area contributed by atoms with Gasteiger partial charge in [0.1, 0.15) is 0 Å². The first-order valence-corrected chi connectivity index (χ1v) is 8.43. The maximum absolute atomic E-state index is 6.42. The predicted octanol–water partition coefficient (Wildman–Crippen LogP) is 4.93. The van der Waals surface area contributed by atoms with Crippen LogP contribution in [0.4, 0.5) is 5.69 Å². The van der Waals surface area contributed by atoms with Crippen LogP contribution >= 0.6 is 22.9 Å². The minimum absolute atomic E-state index is 0.0718. The zero-order valence-corrected chi connectivity index (χ0v) is 14.7. The van der Waals surface area contributed by atoms with Gasteiger partial charge in [0, 0.05) is 41.9 Å². The summed E-state index contributed by atoms with van der Waals surface area (Å²) in [5, 5.41) is 8.65. The molecule has 0 unspecified atom stereocenters. The normalized spacial score (nSPS) is 11.7. The van der Waals surface area contributed by atoms with E-state index in [0.717, 1.165) is 23.7 Å². The number of thiophene rings is 1. The van der Waals surface area contributed by atoms with Crippen molar-refractivity contribution in [3.63, 3.8) is 0 Å². The van der Waals surface area contributed by atoms with E-state index >= 15 is 0 Å². The largest absolute Gasteiger partial charge is 0.370 e. The summed E-state index contributed by atoms with van der Waals surface area (Å²) in [6, 6.07) is 8.28. The van der Waals surface area contributed by atoms with Gasteiger partial charge in [-0.3, -0.25) is 0 Å². The molecule has 2 rings (SSSR count). The van der Waals surface area contributed by atoms with E-state index in [9.17, 15) is 0 Å². The fraction of sp³-hybridized carbons (Fsp3) is 0.412. The summed E-state index contributed by atoms with van der Waals surface area (Å²) in [7, 11) is 2.11. The van der Waals surface area contributed by atoms with Crippen LogP contribution < -0.4 is 10.2 Å². The fourth-order valence-corrected chi connectivity index (χ4v) is 3.07. The molecule has 0 atom stereocenters. The number of nitrogens with one attached hydrogen (secondary N) is 1. The minimum atomic E-state index is 0.0718. The van der Waals surface area contributed by atoms with E-state index in [1.807, 2.05) is 12.1 Å². The van der Waals surface area contributed by atoms with Crippen LogP contribution in [0.25, 0.3) is 0 Å². The van der Waals surface area contributed by atoms with Crippen LogP contribution in [0, 0.1) is 0 Å². The second kappa shape index (κ2) is 6.82. The average Bonchev–Trinajstić information content (AvgIpc) is 2.88. The summed E-state index contributed by atoms with van der Waals surface area (Å²) in [5.74, 6) is 0. The van der Waals surface area contributed by atoms with E-state index in [2.05, 4.69) is 60.9 Å². The summed E-state index contributed by atoms with van der Waals surface area (Å²) >= 11 is 8.15. The second-order valence-electron chi connectivity index (χ2n) is 6.33. The highest BCUT2D eigenvalue weighted by molar-refractivity contribution is 7.07. The van der Waals surface area contributed by atoms with Crippen molar-refractivity contribution < 1.29 is 0 Å². The maximum Gasteiger partial charge on any atom is 0.0471 e. The molecule has 0 saturated heterocycles. The molecular formula is C17H23ClN2S.